The third-order valence-corrected chi connectivity index (χ3v) is 2.92. The van der Waals surface area contributed by atoms with Crippen LogP contribution in [0.4, 0.5) is 17.1 Å². The topological polar surface area (TPSA) is 107 Å². The third-order valence-electron chi connectivity index (χ3n) is 2.92. The summed E-state index contributed by atoms with van der Waals surface area (Å²) in [5.41, 5.74) is 13.4. The molecule has 0 saturated heterocycles. The van der Waals surface area contributed by atoms with Crippen molar-refractivity contribution < 1.29 is 14.3 Å². The highest BCUT2D eigenvalue weighted by Crippen LogP contribution is 2.22. The number of benzene rings is 2. The molecule has 108 valence electrons. The van der Waals surface area contributed by atoms with Crippen molar-refractivity contribution in [2.45, 2.75) is 0 Å². The SMILES string of the molecule is COC(=O)c1cc(Nc2ccc(C(N)=O)cc2)ccc1N. The first-order chi connectivity index (χ1) is 10.0. The molecule has 6 nitrogen and oxygen atoms in total. The number of esters is 1. The smallest absolute Gasteiger partial charge is 0.340 e. The van der Waals surface area contributed by atoms with Crippen LogP contribution in [0, 0.1) is 0 Å². The van der Waals surface area contributed by atoms with E-state index in [4.69, 9.17) is 11.5 Å². The molecular weight excluding hydrogens is 270 g/mol. The molecule has 6 heteroatoms. The van der Waals surface area contributed by atoms with Gasteiger partial charge in [0.2, 0.25) is 5.91 Å². The van der Waals surface area contributed by atoms with Crippen molar-refractivity contribution in [3.05, 3.63) is 53.6 Å². The number of methoxy groups -OCH3 is 1. The normalized spacial score (nSPS) is 9.95. The number of carbonyl (C=O) groups is 2. The molecule has 0 spiro atoms. The van der Waals surface area contributed by atoms with Gasteiger partial charge >= 0.3 is 5.97 Å². The minimum absolute atomic E-state index is 0.288. The number of anilines is 3. The van der Waals surface area contributed by atoms with Gasteiger partial charge in [-0.3, -0.25) is 4.79 Å². The zero-order valence-corrected chi connectivity index (χ0v) is 11.4. The number of carbonyl (C=O) groups excluding carboxylic acids is 2. The monoisotopic (exact) mass is 285 g/mol. The van der Waals surface area contributed by atoms with Crippen LogP contribution in [0.2, 0.25) is 0 Å². The summed E-state index contributed by atoms with van der Waals surface area (Å²) in [7, 11) is 1.30. The zero-order valence-electron chi connectivity index (χ0n) is 11.4. The van der Waals surface area contributed by atoms with Gasteiger partial charge in [0.05, 0.1) is 12.7 Å². The minimum Gasteiger partial charge on any atom is -0.465 e. The van der Waals surface area contributed by atoms with Gasteiger partial charge in [0.1, 0.15) is 0 Å². The van der Waals surface area contributed by atoms with Crippen LogP contribution < -0.4 is 16.8 Å². The summed E-state index contributed by atoms with van der Waals surface area (Å²) in [6, 6.07) is 11.6. The molecule has 21 heavy (non-hydrogen) atoms. The lowest BCUT2D eigenvalue weighted by Gasteiger charge is -2.10. The summed E-state index contributed by atoms with van der Waals surface area (Å²) in [4.78, 5) is 22.6. The molecule has 0 bridgehead atoms. The molecule has 0 aliphatic carbocycles. The average Bonchev–Trinajstić information content (AvgIpc) is 2.49. The molecular formula is C15H15N3O3. The fraction of sp³-hybridized carbons (Fsp3) is 0.0667. The van der Waals surface area contributed by atoms with E-state index >= 15 is 0 Å². The number of ether oxygens (including phenoxy) is 1. The standard InChI is InChI=1S/C15H15N3O3/c1-21-15(20)12-8-11(6-7-13(12)16)18-10-4-2-9(3-5-10)14(17)19/h2-8,18H,16H2,1H3,(H2,17,19). The Morgan fingerprint density at radius 1 is 1.05 bits per heavy atom. The molecule has 2 aromatic rings. The maximum Gasteiger partial charge on any atom is 0.340 e. The van der Waals surface area contributed by atoms with Gasteiger partial charge in [-0.15, -0.1) is 0 Å². The molecule has 2 aromatic carbocycles. The van der Waals surface area contributed by atoms with Gasteiger partial charge in [-0.1, -0.05) is 0 Å². The summed E-state index contributed by atoms with van der Waals surface area (Å²) >= 11 is 0. The quantitative estimate of drug-likeness (QED) is 0.587. The number of hydrogen-bond donors (Lipinski definition) is 3. The van der Waals surface area contributed by atoms with Gasteiger partial charge in [0, 0.05) is 22.6 Å². The van der Waals surface area contributed by atoms with Crippen LogP contribution in [0.25, 0.3) is 0 Å². The molecule has 0 heterocycles. The molecule has 0 unspecified atom stereocenters. The van der Waals surface area contributed by atoms with Gasteiger partial charge in [0.15, 0.2) is 0 Å². The Hall–Kier alpha value is -3.02. The summed E-state index contributed by atoms with van der Waals surface area (Å²) in [6.45, 7) is 0. The van der Waals surface area contributed by atoms with Crippen molar-refractivity contribution in [1.29, 1.82) is 0 Å². The molecule has 1 amide bonds. The van der Waals surface area contributed by atoms with Gasteiger partial charge in [-0.05, 0) is 42.5 Å². The second-order valence-corrected chi connectivity index (χ2v) is 4.36. The summed E-state index contributed by atoms with van der Waals surface area (Å²) < 4.78 is 4.67. The van der Waals surface area contributed by atoms with Gasteiger partial charge in [-0.2, -0.15) is 0 Å². The van der Waals surface area contributed by atoms with Crippen LogP contribution in [0.3, 0.4) is 0 Å². The Bertz CT molecular complexity index is 681. The van der Waals surface area contributed by atoms with Crippen molar-refractivity contribution in [2.24, 2.45) is 5.73 Å². The first kappa shape index (κ1) is 14.4. The highest BCUT2D eigenvalue weighted by Gasteiger charge is 2.10. The van der Waals surface area contributed by atoms with Gasteiger partial charge < -0.3 is 21.5 Å². The lowest BCUT2D eigenvalue weighted by atomic mass is 10.1. The molecule has 0 fully saturated rings. The molecule has 0 aromatic heterocycles. The second kappa shape index (κ2) is 5.96. The van der Waals surface area contributed by atoms with Crippen LogP contribution in [0.5, 0.6) is 0 Å². The van der Waals surface area contributed by atoms with Crippen molar-refractivity contribution in [3.63, 3.8) is 0 Å². The number of nitrogen functional groups attached to an aromatic ring is 1. The van der Waals surface area contributed by atoms with E-state index in [2.05, 4.69) is 10.1 Å². The predicted molar refractivity (Wildman–Crippen MR) is 80.4 cm³/mol. The van der Waals surface area contributed by atoms with Gasteiger partial charge in [-0.25, -0.2) is 4.79 Å². The van der Waals surface area contributed by atoms with Crippen molar-refractivity contribution in [3.8, 4) is 0 Å². The fourth-order valence-electron chi connectivity index (χ4n) is 1.81. The third kappa shape index (κ3) is 3.30. The number of hydrogen-bond acceptors (Lipinski definition) is 5. The maximum absolute atomic E-state index is 11.6. The number of rotatable bonds is 4. The van der Waals surface area contributed by atoms with E-state index in [1.165, 1.54) is 7.11 Å². The lowest BCUT2D eigenvalue weighted by molar-refractivity contribution is 0.0602. The van der Waals surface area contributed by atoms with E-state index in [9.17, 15) is 9.59 Å². The first-order valence-electron chi connectivity index (χ1n) is 6.16. The highest BCUT2D eigenvalue weighted by molar-refractivity contribution is 5.96. The number of nitrogens with two attached hydrogens (primary N) is 2. The zero-order chi connectivity index (χ0) is 15.4. The van der Waals surface area contributed by atoms with Crippen LogP contribution in [0.15, 0.2) is 42.5 Å². The van der Waals surface area contributed by atoms with E-state index in [0.29, 0.717) is 16.9 Å². The number of primary amides is 1. The summed E-state index contributed by atoms with van der Waals surface area (Å²) in [6.07, 6.45) is 0. The van der Waals surface area contributed by atoms with Crippen molar-refractivity contribution in [1.82, 2.24) is 0 Å². The van der Waals surface area contributed by atoms with Crippen LogP contribution in [-0.4, -0.2) is 19.0 Å². The number of nitrogens with one attached hydrogen (secondary N) is 1. The Morgan fingerprint density at radius 3 is 2.24 bits per heavy atom. The Labute approximate surface area is 121 Å². The molecule has 5 N–H and O–H groups in total. The molecule has 0 radical (unpaired) electrons. The fourth-order valence-corrected chi connectivity index (χ4v) is 1.81. The maximum atomic E-state index is 11.6. The van der Waals surface area contributed by atoms with Gasteiger partial charge in [0.25, 0.3) is 0 Å². The Kier molecular flexibility index (Phi) is 4.08. The number of amides is 1. The van der Waals surface area contributed by atoms with Crippen molar-refractivity contribution >= 4 is 28.9 Å². The van der Waals surface area contributed by atoms with Crippen LogP contribution in [-0.2, 0) is 4.74 Å². The summed E-state index contributed by atoms with van der Waals surface area (Å²) in [5, 5.41) is 3.10. The van der Waals surface area contributed by atoms with Crippen LogP contribution >= 0.6 is 0 Å². The summed E-state index contributed by atoms with van der Waals surface area (Å²) in [5.74, 6) is -0.984. The lowest BCUT2D eigenvalue weighted by Crippen LogP contribution is -2.10. The highest BCUT2D eigenvalue weighted by atomic mass is 16.5. The first-order valence-corrected chi connectivity index (χ1v) is 6.16. The van der Waals surface area contributed by atoms with E-state index in [0.717, 1.165) is 5.69 Å². The largest absolute Gasteiger partial charge is 0.465 e. The van der Waals surface area contributed by atoms with E-state index in [1.807, 2.05) is 0 Å². The second-order valence-electron chi connectivity index (χ2n) is 4.36. The molecule has 2 rings (SSSR count). The molecule has 0 atom stereocenters. The molecule has 0 saturated carbocycles. The van der Waals surface area contributed by atoms with E-state index < -0.39 is 11.9 Å². The Balaban J connectivity index is 2.23. The molecule has 0 aliphatic heterocycles. The van der Waals surface area contributed by atoms with Crippen molar-refractivity contribution in [2.75, 3.05) is 18.2 Å². The predicted octanol–water partition coefficient (Wildman–Crippen LogP) is 1.90. The average molecular weight is 285 g/mol. The molecule has 0 aliphatic rings. The van der Waals surface area contributed by atoms with E-state index in [1.54, 1.807) is 42.5 Å². The Morgan fingerprint density at radius 2 is 1.67 bits per heavy atom. The minimum atomic E-state index is -0.500. The van der Waals surface area contributed by atoms with E-state index in [-0.39, 0.29) is 5.56 Å². The van der Waals surface area contributed by atoms with Crippen LogP contribution in [0.1, 0.15) is 20.7 Å².